The molecule has 2 amide bonds. The molecule has 1 heterocycles. The van der Waals surface area contributed by atoms with Gasteiger partial charge >= 0.3 is 0 Å². The number of Topliss-reactive ketones (excluding diaryl/α,β-unsaturated/α-hetero) is 1. The molecule has 0 radical (unpaired) electrons. The summed E-state index contributed by atoms with van der Waals surface area (Å²) in [5, 5.41) is 19.0. The van der Waals surface area contributed by atoms with Gasteiger partial charge in [0.1, 0.15) is 6.04 Å². The first kappa shape index (κ1) is 29.5. The van der Waals surface area contributed by atoms with Crippen LogP contribution in [0.5, 0.6) is 0 Å². The number of ketones is 1. The fraction of sp³-hybridized carbons (Fsp3) is 0.880. The topological polar surface area (TPSA) is 134 Å². The number of piperidine rings is 1. The Kier molecular flexibility index (Phi) is 14.5. The molecule has 0 aromatic rings. The lowest BCUT2D eigenvalue weighted by Crippen LogP contribution is -2.58. The fourth-order valence-electron chi connectivity index (χ4n) is 4.35. The molecule has 0 spiro atoms. The summed E-state index contributed by atoms with van der Waals surface area (Å²) in [4.78, 5) is 38.0. The summed E-state index contributed by atoms with van der Waals surface area (Å²) in [5.41, 5.74) is 5.60. The molecule has 1 aliphatic heterocycles. The maximum atomic E-state index is 12.8. The van der Waals surface area contributed by atoms with Crippen LogP contribution in [-0.2, 0) is 14.4 Å². The van der Waals surface area contributed by atoms with Gasteiger partial charge in [0, 0.05) is 18.5 Å². The number of aliphatic hydroxyl groups excluding tert-OH is 1. The minimum absolute atomic E-state index is 0.114. The molecule has 0 bridgehead atoms. The highest BCUT2D eigenvalue weighted by Crippen LogP contribution is 2.19. The van der Waals surface area contributed by atoms with Crippen LogP contribution in [0, 0.1) is 11.8 Å². The van der Waals surface area contributed by atoms with Crippen LogP contribution in [-0.4, -0.2) is 60.0 Å². The molecule has 8 heteroatoms. The van der Waals surface area contributed by atoms with Gasteiger partial charge in [0.15, 0.2) is 5.78 Å². The number of carbonyl (C=O) groups is 3. The molecule has 5 atom stereocenters. The predicted octanol–water partition coefficient (Wildman–Crippen LogP) is 2.03. The van der Waals surface area contributed by atoms with Crippen molar-refractivity contribution in [3.05, 3.63) is 0 Å². The lowest BCUT2D eigenvalue weighted by Gasteiger charge is -2.31. The van der Waals surface area contributed by atoms with Gasteiger partial charge < -0.3 is 26.8 Å². The van der Waals surface area contributed by atoms with E-state index in [-0.39, 0.29) is 30.1 Å². The zero-order valence-electron chi connectivity index (χ0n) is 21.2. The standard InChI is InChI=1S/C25H48N4O4/c1-5-6-7-8-9-10-11-20-13-12-19(16-27-20)24(32)29-22(18(4)30)25(33)28-21(14-15-26)23(31)17(2)3/h17-22,27,30H,5-16,26H2,1-4H3,(H,28,33)(H,29,32)/t18-,19?,20?,21-,22-/m0/s1. The monoisotopic (exact) mass is 468 g/mol. The molecular formula is C25H48N4O4. The Morgan fingerprint density at radius 3 is 2.24 bits per heavy atom. The summed E-state index contributed by atoms with van der Waals surface area (Å²) in [6, 6.07) is -1.39. The second-order valence-electron chi connectivity index (χ2n) is 9.86. The summed E-state index contributed by atoms with van der Waals surface area (Å²) in [6.45, 7) is 8.04. The van der Waals surface area contributed by atoms with Gasteiger partial charge in [0.25, 0.3) is 0 Å². The van der Waals surface area contributed by atoms with E-state index in [1.807, 2.05) is 0 Å². The highest BCUT2D eigenvalue weighted by atomic mass is 16.3. The van der Waals surface area contributed by atoms with Crippen LogP contribution in [0.3, 0.4) is 0 Å². The molecule has 0 aromatic carbocycles. The molecule has 1 fully saturated rings. The molecule has 0 aliphatic carbocycles. The maximum absolute atomic E-state index is 12.8. The highest BCUT2D eigenvalue weighted by molar-refractivity contribution is 5.94. The molecular weight excluding hydrogens is 420 g/mol. The normalized spacial score (nSPS) is 21.3. The molecule has 0 saturated carbocycles. The number of nitrogens with two attached hydrogens (primary N) is 1. The number of aliphatic hydroxyl groups is 1. The van der Waals surface area contributed by atoms with E-state index >= 15 is 0 Å². The van der Waals surface area contributed by atoms with Gasteiger partial charge in [-0.05, 0) is 39.2 Å². The summed E-state index contributed by atoms with van der Waals surface area (Å²) >= 11 is 0. The third-order valence-electron chi connectivity index (χ3n) is 6.54. The molecule has 8 nitrogen and oxygen atoms in total. The van der Waals surface area contributed by atoms with Crippen LogP contribution in [0.1, 0.15) is 91.9 Å². The van der Waals surface area contributed by atoms with Crippen molar-refractivity contribution in [3.8, 4) is 0 Å². The third kappa shape index (κ3) is 11.0. The largest absolute Gasteiger partial charge is 0.391 e. The van der Waals surface area contributed by atoms with Crippen molar-refractivity contribution in [2.75, 3.05) is 13.1 Å². The van der Waals surface area contributed by atoms with Crippen molar-refractivity contribution in [1.82, 2.24) is 16.0 Å². The van der Waals surface area contributed by atoms with Crippen LogP contribution < -0.4 is 21.7 Å². The second-order valence-corrected chi connectivity index (χ2v) is 9.86. The molecule has 1 rings (SSSR count). The number of rotatable bonds is 16. The fourth-order valence-corrected chi connectivity index (χ4v) is 4.35. The number of nitrogens with one attached hydrogen (secondary N) is 3. The van der Waals surface area contributed by atoms with Gasteiger partial charge in [-0.3, -0.25) is 14.4 Å². The molecule has 1 aliphatic rings. The zero-order chi connectivity index (χ0) is 24.8. The Hall–Kier alpha value is -1.51. The van der Waals surface area contributed by atoms with Gasteiger partial charge in [-0.1, -0.05) is 59.3 Å². The van der Waals surface area contributed by atoms with Crippen molar-refractivity contribution in [2.24, 2.45) is 17.6 Å². The van der Waals surface area contributed by atoms with E-state index in [1.165, 1.54) is 45.4 Å². The Morgan fingerprint density at radius 1 is 1.03 bits per heavy atom. The van der Waals surface area contributed by atoms with Crippen LogP contribution in [0.15, 0.2) is 0 Å². The summed E-state index contributed by atoms with van der Waals surface area (Å²) in [7, 11) is 0. The van der Waals surface area contributed by atoms with E-state index in [2.05, 4.69) is 22.9 Å². The van der Waals surface area contributed by atoms with Crippen molar-refractivity contribution >= 4 is 17.6 Å². The van der Waals surface area contributed by atoms with Gasteiger partial charge in [0.05, 0.1) is 18.1 Å². The average molecular weight is 469 g/mol. The zero-order valence-corrected chi connectivity index (χ0v) is 21.2. The minimum atomic E-state index is -1.11. The number of amides is 2. The number of carbonyl (C=O) groups excluding carboxylic acids is 3. The Morgan fingerprint density at radius 2 is 1.70 bits per heavy atom. The Labute approximate surface area is 200 Å². The van der Waals surface area contributed by atoms with E-state index < -0.39 is 24.1 Å². The molecule has 33 heavy (non-hydrogen) atoms. The maximum Gasteiger partial charge on any atom is 0.245 e. The molecule has 2 unspecified atom stereocenters. The van der Waals surface area contributed by atoms with Crippen molar-refractivity contribution < 1.29 is 19.5 Å². The molecule has 6 N–H and O–H groups in total. The number of hydrogen-bond acceptors (Lipinski definition) is 6. The summed E-state index contributed by atoms with van der Waals surface area (Å²) < 4.78 is 0. The van der Waals surface area contributed by atoms with Crippen molar-refractivity contribution in [1.29, 1.82) is 0 Å². The average Bonchev–Trinajstić information content (AvgIpc) is 2.78. The van der Waals surface area contributed by atoms with Gasteiger partial charge in [-0.15, -0.1) is 0 Å². The molecule has 192 valence electrons. The lowest BCUT2D eigenvalue weighted by atomic mass is 9.91. The summed E-state index contributed by atoms with van der Waals surface area (Å²) in [6.07, 6.45) is 9.70. The predicted molar refractivity (Wildman–Crippen MR) is 132 cm³/mol. The van der Waals surface area contributed by atoms with E-state index in [0.717, 1.165) is 19.3 Å². The number of hydrogen-bond donors (Lipinski definition) is 5. The smallest absolute Gasteiger partial charge is 0.245 e. The minimum Gasteiger partial charge on any atom is -0.391 e. The van der Waals surface area contributed by atoms with Crippen molar-refractivity contribution in [3.63, 3.8) is 0 Å². The van der Waals surface area contributed by atoms with E-state index in [0.29, 0.717) is 19.0 Å². The lowest BCUT2D eigenvalue weighted by molar-refractivity contribution is -0.136. The first-order valence-electron chi connectivity index (χ1n) is 13.0. The van der Waals surface area contributed by atoms with Gasteiger partial charge in [-0.25, -0.2) is 0 Å². The van der Waals surface area contributed by atoms with Gasteiger partial charge in [-0.2, -0.15) is 0 Å². The van der Waals surface area contributed by atoms with Crippen LogP contribution in [0.25, 0.3) is 0 Å². The first-order valence-corrected chi connectivity index (χ1v) is 13.0. The molecule has 1 saturated heterocycles. The van der Waals surface area contributed by atoms with E-state index in [4.69, 9.17) is 5.73 Å². The van der Waals surface area contributed by atoms with Gasteiger partial charge in [0.2, 0.25) is 11.8 Å². The van der Waals surface area contributed by atoms with E-state index in [9.17, 15) is 19.5 Å². The van der Waals surface area contributed by atoms with Crippen LogP contribution in [0.2, 0.25) is 0 Å². The Balaban J connectivity index is 2.51. The SMILES string of the molecule is CCCCCCCCC1CCC(C(=O)N[C@H](C(=O)N[C@@H](CCN)C(=O)C(C)C)[C@H](C)O)CN1. The quantitative estimate of drug-likeness (QED) is 0.220. The third-order valence-corrected chi connectivity index (χ3v) is 6.54. The Bertz CT molecular complexity index is 589. The number of unbranched alkanes of at least 4 members (excludes halogenated alkanes) is 5. The second kappa shape index (κ2) is 16.2. The first-order chi connectivity index (χ1) is 15.7. The van der Waals surface area contributed by atoms with Crippen LogP contribution >= 0.6 is 0 Å². The van der Waals surface area contributed by atoms with Crippen LogP contribution in [0.4, 0.5) is 0 Å². The summed E-state index contributed by atoms with van der Waals surface area (Å²) in [5.74, 6) is -1.41. The highest BCUT2D eigenvalue weighted by Gasteiger charge is 2.33. The van der Waals surface area contributed by atoms with E-state index in [1.54, 1.807) is 13.8 Å². The van der Waals surface area contributed by atoms with Crippen molar-refractivity contribution in [2.45, 2.75) is 116 Å². The molecule has 0 aromatic heterocycles.